The van der Waals surface area contributed by atoms with Gasteiger partial charge in [0.2, 0.25) is 11.8 Å². The molecule has 0 aliphatic carbocycles. The van der Waals surface area contributed by atoms with E-state index >= 15 is 0 Å². The summed E-state index contributed by atoms with van der Waals surface area (Å²) in [6.45, 7) is 1.90. The summed E-state index contributed by atoms with van der Waals surface area (Å²) < 4.78 is 4.99. The third-order valence-corrected chi connectivity index (χ3v) is 3.60. The van der Waals surface area contributed by atoms with Crippen LogP contribution in [0.3, 0.4) is 0 Å². The second kappa shape index (κ2) is 9.22. The molecule has 136 valence electrons. The third-order valence-electron chi connectivity index (χ3n) is 3.60. The zero-order valence-electron chi connectivity index (χ0n) is 14.7. The number of amides is 2. The lowest BCUT2D eigenvalue weighted by molar-refractivity contribution is -0.124. The van der Waals surface area contributed by atoms with Crippen molar-refractivity contribution in [2.75, 3.05) is 12.4 Å². The molecule has 2 aromatic carbocycles. The van der Waals surface area contributed by atoms with Gasteiger partial charge in [0, 0.05) is 18.5 Å². The minimum absolute atomic E-state index is 0.0216. The molecule has 2 aromatic rings. The normalized spacial score (nSPS) is 10.5. The number of aromatic hydroxyl groups is 1. The molecule has 0 aliphatic heterocycles. The first kappa shape index (κ1) is 19.0. The molecule has 3 N–H and O–H groups in total. The highest BCUT2D eigenvalue weighted by molar-refractivity contribution is 5.94. The number of phenolic OH excluding ortho intramolecular Hbond substituents is 1. The molecule has 0 bridgehead atoms. The summed E-state index contributed by atoms with van der Waals surface area (Å²) in [5.41, 5.74) is 4.70. The highest BCUT2D eigenvalue weighted by atomic mass is 16.5. The highest BCUT2D eigenvalue weighted by Gasteiger charge is 2.08. The second-order valence-electron chi connectivity index (χ2n) is 5.59. The fourth-order valence-electron chi connectivity index (χ4n) is 2.16. The molecule has 0 radical (unpaired) electrons. The quantitative estimate of drug-likeness (QED) is 0.525. The van der Waals surface area contributed by atoms with E-state index in [1.807, 2.05) is 31.2 Å². The van der Waals surface area contributed by atoms with Crippen LogP contribution in [0.2, 0.25) is 0 Å². The minimum Gasteiger partial charge on any atom is -0.504 e. The maximum Gasteiger partial charge on any atom is 0.240 e. The van der Waals surface area contributed by atoms with Gasteiger partial charge in [-0.3, -0.25) is 9.59 Å². The molecule has 26 heavy (non-hydrogen) atoms. The van der Waals surface area contributed by atoms with Crippen LogP contribution in [-0.4, -0.2) is 30.2 Å². The van der Waals surface area contributed by atoms with E-state index in [1.165, 1.54) is 19.4 Å². The number of hydrogen-bond donors (Lipinski definition) is 3. The van der Waals surface area contributed by atoms with E-state index in [0.717, 1.165) is 11.3 Å². The molecule has 0 heterocycles. The van der Waals surface area contributed by atoms with Gasteiger partial charge in [0.05, 0.1) is 13.3 Å². The Labute approximate surface area is 151 Å². The van der Waals surface area contributed by atoms with Crippen LogP contribution in [0.4, 0.5) is 5.69 Å². The predicted molar refractivity (Wildman–Crippen MR) is 99.4 cm³/mol. The summed E-state index contributed by atoms with van der Waals surface area (Å²) in [7, 11) is 1.44. The summed E-state index contributed by atoms with van der Waals surface area (Å²) in [6, 6.07) is 12.1. The molecule has 0 saturated carbocycles. The lowest BCUT2D eigenvalue weighted by Gasteiger charge is -2.07. The molecule has 0 unspecified atom stereocenters. The first-order valence-electron chi connectivity index (χ1n) is 8.04. The number of methoxy groups -OCH3 is 1. The maximum absolute atomic E-state index is 11.9. The number of phenols is 1. The van der Waals surface area contributed by atoms with Gasteiger partial charge >= 0.3 is 0 Å². The molecule has 2 rings (SSSR count). The number of para-hydroxylation sites is 1. The van der Waals surface area contributed by atoms with Gasteiger partial charge in [-0.05, 0) is 42.3 Å². The van der Waals surface area contributed by atoms with Crippen molar-refractivity contribution in [3.8, 4) is 11.5 Å². The molecule has 0 aliphatic rings. The summed E-state index contributed by atoms with van der Waals surface area (Å²) in [4.78, 5) is 23.7. The fourth-order valence-corrected chi connectivity index (χ4v) is 2.16. The van der Waals surface area contributed by atoms with Crippen molar-refractivity contribution >= 4 is 23.7 Å². The molecule has 7 heteroatoms. The average Bonchev–Trinajstić information content (AvgIpc) is 2.63. The van der Waals surface area contributed by atoms with Crippen LogP contribution in [0.5, 0.6) is 11.5 Å². The summed E-state index contributed by atoms with van der Waals surface area (Å²) in [5.74, 6) is -0.268. The van der Waals surface area contributed by atoms with Crippen LogP contribution in [-0.2, 0) is 9.59 Å². The molecule has 0 aromatic heterocycles. The first-order valence-corrected chi connectivity index (χ1v) is 8.04. The zero-order chi connectivity index (χ0) is 18.9. The molecular formula is C19H21N3O4. The Bertz CT molecular complexity index is 818. The monoisotopic (exact) mass is 355 g/mol. The van der Waals surface area contributed by atoms with E-state index in [2.05, 4.69) is 15.8 Å². The van der Waals surface area contributed by atoms with Gasteiger partial charge in [0.15, 0.2) is 11.5 Å². The number of anilines is 1. The SMILES string of the molecule is COc1cc(/C=N/NC(=O)CCC(=O)Nc2ccccc2C)ccc1O. The predicted octanol–water partition coefficient (Wildman–Crippen LogP) is 2.58. The maximum atomic E-state index is 11.9. The number of ether oxygens (including phenoxy) is 1. The molecule has 2 amide bonds. The van der Waals surface area contributed by atoms with Crippen molar-refractivity contribution in [3.63, 3.8) is 0 Å². The highest BCUT2D eigenvalue weighted by Crippen LogP contribution is 2.25. The molecule has 0 atom stereocenters. The summed E-state index contributed by atoms with van der Waals surface area (Å²) >= 11 is 0. The van der Waals surface area contributed by atoms with Crippen molar-refractivity contribution in [3.05, 3.63) is 53.6 Å². The van der Waals surface area contributed by atoms with Crippen LogP contribution >= 0.6 is 0 Å². The van der Waals surface area contributed by atoms with Crippen molar-refractivity contribution < 1.29 is 19.4 Å². The Morgan fingerprint density at radius 3 is 2.62 bits per heavy atom. The van der Waals surface area contributed by atoms with E-state index in [9.17, 15) is 14.7 Å². The topological polar surface area (TPSA) is 100 Å². The third kappa shape index (κ3) is 5.62. The summed E-state index contributed by atoms with van der Waals surface area (Å²) in [5, 5.41) is 16.1. The summed E-state index contributed by atoms with van der Waals surface area (Å²) in [6.07, 6.45) is 1.50. The Morgan fingerprint density at radius 1 is 1.15 bits per heavy atom. The average molecular weight is 355 g/mol. The van der Waals surface area contributed by atoms with Crippen LogP contribution in [0.1, 0.15) is 24.0 Å². The number of hydrazone groups is 1. The van der Waals surface area contributed by atoms with Crippen molar-refractivity contribution in [2.45, 2.75) is 19.8 Å². The number of nitrogens with one attached hydrogen (secondary N) is 2. The molecule has 0 saturated heterocycles. The molecule has 7 nitrogen and oxygen atoms in total. The number of nitrogens with zero attached hydrogens (tertiary/aromatic N) is 1. The van der Waals surface area contributed by atoms with Crippen molar-refractivity contribution in [1.82, 2.24) is 5.43 Å². The van der Waals surface area contributed by atoms with Crippen molar-refractivity contribution in [1.29, 1.82) is 0 Å². The molecular weight excluding hydrogens is 334 g/mol. The van der Waals surface area contributed by atoms with Gasteiger partial charge in [0.1, 0.15) is 0 Å². The Morgan fingerprint density at radius 2 is 1.88 bits per heavy atom. The van der Waals surface area contributed by atoms with Crippen LogP contribution in [0.25, 0.3) is 0 Å². The number of carbonyl (C=O) groups excluding carboxylic acids is 2. The van der Waals surface area contributed by atoms with Gasteiger partial charge in [-0.25, -0.2) is 5.43 Å². The lowest BCUT2D eigenvalue weighted by atomic mass is 10.2. The smallest absolute Gasteiger partial charge is 0.240 e. The number of hydrogen-bond acceptors (Lipinski definition) is 5. The van der Waals surface area contributed by atoms with E-state index < -0.39 is 0 Å². The van der Waals surface area contributed by atoms with Gasteiger partial charge in [0.25, 0.3) is 0 Å². The molecule has 0 spiro atoms. The number of aryl methyl sites for hydroxylation is 1. The Hall–Kier alpha value is -3.35. The first-order chi connectivity index (χ1) is 12.5. The largest absolute Gasteiger partial charge is 0.504 e. The Kier molecular flexibility index (Phi) is 6.73. The van der Waals surface area contributed by atoms with E-state index in [-0.39, 0.29) is 30.4 Å². The lowest BCUT2D eigenvalue weighted by Crippen LogP contribution is -2.20. The van der Waals surface area contributed by atoms with Gasteiger partial charge in [-0.15, -0.1) is 0 Å². The minimum atomic E-state index is -0.369. The van der Waals surface area contributed by atoms with E-state index in [4.69, 9.17) is 4.74 Å². The van der Waals surface area contributed by atoms with Crippen molar-refractivity contribution in [2.24, 2.45) is 5.10 Å². The standard InChI is InChI=1S/C19H21N3O4/c1-13-5-3-4-6-15(13)21-18(24)9-10-19(25)22-20-12-14-7-8-16(23)17(11-14)26-2/h3-8,11-12,23H,9-10H2,1-2H3,(H,21,24)(H,22,25)/b20-12+. The van der Waals surface area contributed by atoms with Crippen LogP contribution in [0, 0.1) is 6.92 Å². The number of carbonyl (C=O) groups is 2. The second-order valence-corrected chi connectivity index (χ2v) is 5.59. The Balaban J connectivity index is 1.78. The van der Waals surface area contributed by atoms with E-state index in [1.54, 1.807) is 12.1 Å². The number of rotatable bonds is 7. The fraction of sp³-hybridized carbons (Fsp3) is 0.211. The van der Waals surface area contributed by atoms with Gasteiger partial charge < -0.3 is 15.2 Å². The number of benzene rings is 2. The van der Waals surface area contributed by atoms with Crippen LogP contribution in [0.15, 0.2) is 47.6 Å². The van der Waals surface area contributed by atoms with Gasteiger partial charge in [-0.1, -0.05) is 18.2 Å². The van der Waals surface area contributed by atoms with E-state index in [0.29, 0.717) is 11.3 Å². The zero-order valence-corrected chi connectivity index (χ0v) is 14.7. The van der Waals surface area contributed by atoms with Gasteiger partial charge in [-0.2, -0.15) is 5.10 Å². The van der Waals surface area contributed by atoms with Crippen LogP contribution < -0.4 is 15.5 Å². The molecule has 0 fully saturated rings.